The molecule has 0 radical (unpaired) electrons. The molecular formula is C35H38N4O6Pd. The first-order chi connectivity index (χ1) is 21.4. The van der Waals surface area contributed by atoms with Gasteiger partial charge in [0.25, 0.3) is 0 Å². The summed E-state index contributed by atoms with van der Waals surface area (Å²) in [6, 6.07) is 5.84. The largest absolute Gasteiger partial charge is 0.481 e. The molecule has 3 aromatic heterocycles. The molecule has 0 unspecified atom stereocenters. The van der Waals surface area contributed by atoms with Crippen LogP contribution in [-0.4, -0.2) is 55.7 Å². The number of carboxylic acid groups (broad SMARTS) is 1. The number of ketones is 2. The number of aryl methyl sites for hydroxylation is 2. The number of methoxy groups -OCH3 is 1. The third kappa shape index (κ3) is 5.14. The number of carboxylic acids is 1. The number of aliphatic carboxylic acids is 1. The van der Waals surface area contributed by atoms with E-state index in [-0.39, 0.29) is 68.5 Å². The molecular weight excluding hydrogens is 679 g/mol. The molecule has 0 saturated carbocycles. The van der Waals surface area contributed by atoms with Crippen LogP contribution in [0, 0.1) is 13.8 Å². The Kier molecular flexibility index (Phi) is 8.97. The predicted octanol–water partition coefficient (Wildman–Crippen LogP) is 6.63. The second kappa shape index (κ2) is 12.3. The molecule has 244 valence electrons. The quantitative estimate of drug-likeness (QED) is 0.111. The summed E-state index contributed by atoms with van der Waals surface area (Å²) in [6.07, 6.45) is 0.999. The molecule has 1 aliphatic carbocycles. The van der Waals surface area contributed by atoms with Crippen molar-refractivity contribution < 1.29 is 49.4 Å². The number of hydrogen-bond acceptors (Lipinski definition) is 7. The number of ether oxygens (including phenoxy) is 1. The van der Waals surface area contributed by atoms with E-state index in [2.05, 4.69) is 23.8 Å². The van der Waals surface area contributed by atoms with Crippen molar-refractivity contribution in [3.05, 3.63) is 68.8 Å². The molecule has 5 heterocycles. The summed E-state index contributed by atoms with van der Waals surface area (Å²) < 4.78 is 5.13. The number of aromatic nitrogens is 4. The van der Waals surface area contributed by atoms with Crippen LogP contribution in [0.15, 0.2) is 18.2 Å². The Hall–Kier alpha value is -3.94. The first kappa shape index (κ1) is 33.4. The number of Topliss-reactive ketones (excluding diaryl/α,β-unsaturated/α-hetero) is 2. The molecule has 3 N–H and O–H groups in total. The van der Waals surface area contributed by atoms with Crippen molar-refractivity contribution in [3.8, 4) is 0 Å². The van der Waals surface area contributed by atoms with Crippen LogP contribution in [0.4, 0.5) is 0 Å². The topological polar surface area (TPSA) is 155 Å². The number of nitrogens with zero attached hydrogens (tertiary/aromatic N) is 2. The van der Waals surface area contributed by atoms with Gasteiger partial charge in [-0.25, -0.2) is 0 Å². The second-order valence-corrected chi connectivity index (χ2v) is 12.6. The summed E-state index contributed by atoms with van der Waals surface area (Å²) in [4.78, 5) is 68.9. The van der Waals surface area contributed by atoms with E-state index in [4.69, 9.17) is 14.7 Å². The molecule has 0 aromatic carbocycles. The number of carbonyl (C=O) groups is 4. The Morgan fingerprint density at radius 3 is 2.15 bits per heavy atom. The van der Waals surface area contributed by atoms with Gasteiger partial charge in [-0.3, -0.25) is 29.1 Å². The Morgan fingerprint density at radius 2 is 1.52 bits per heavy atom. The van der Waals surface area contributed by atoms with E-state index in [9.17, 15) is 24.3 Å². The maximum absolute atomic E-state index is 14.0. The summed E-state index contributed by atoms with van der Waals surface area (Å²) in [7, 11) is 1.25. The maximum atomic E-state index is 14.0. The van der Waals surface area contributed by atoms with Gasteiger partial charge in [0.1, 0.15) is 5.92 Å². The van der Waals surface area contributed by atoms with Gasteiger partial charge in [0, 0.05) is 95.3 Å². The van der Waals surface area contributed by atoms with Crippen molar-refractivity contribution >= 4 is 45.6 Å². The van der Waals surface area contributed by atoms with Gasteiger partial charge >= 0.3 is 11.9 Å². The van der Waals surface area contributed by atoms with E-state index in [0.29, 0.717) is 50.2 Å². The van der Waals surface area contributed by atoms with Gasteiger partial charge in [0.15, 0.2) is 11.6 Å². The van der Waals surface area contributed by atoms with E-state index in [1.165, 1.54) is 7.11 Å². The maximum Gasteiger partial charge on any atom is 0.321 e. The van der Waals surface area contributed by atoms with Crippen molar-refractivity contribution in [1.82, 2.24) is 19.9 Å². The number of rotatable bonds is 6. The van der Waals surface area contributed by atoms with Crippen molar-refractivity contribution in [2.45, 2.75) is 90.4 Å². The van der Waals surface area contributed by atoms with Crippen LogP contribution in [0.3, 0.4) is 0 Å². The number of H-pyrrole nitrogens is 2. The minimum Gasteiger partial charge on any atom is -0.481 e. The van der Waals surface area contributed by atoms with E-state index < -0.39 is 17.9 Å². The van der Waals surface area contributed by atoms with Crippen LogP contribution in [0.5, 0.6) is 0 Å². The minimum atomic E-state index is -1.22. The van der Waals surface area contributed by atoms with Gasteiger partial charge in [0.05, 0.1) is 23.8 Å². The fourth-order valence-electron chi connectivity index (χ4n) is 7.61. The molecule has 0 spiro atoms. The zero-order valence-corrected chi connectivity index (χ0v) is 28.5. The van der Waals surface area contributed by atoms with Crippen molar-refractivity contribution in [3.63, 3.8) is 0 Å². The molecule has 8 bridgehead atoms. The van der Waals surface area contributed by atoms with Gasteiger partial charge in [-0.1, -0.05) is 20.8 Å². The number of hydrogen-bond donors (Lipinski definition) is 3. The third-order valence-corrected chi connectivity index (χ3v) is 10.1. The average molecular weight is 717 g/mol. The SMILES string of the molecule is CC[C@H]1c2cc3[nH]c4c(c3C)C(=O)[C@H](C(=O)OC)c4c3nc(cc4[nH]c(cc(n2)[C@@H]1C)c(C(C)=O)c4C)[C@@H](C)[C@@H]3CCC(=O)O.[Pd]. The zero-order valence-electron chi connectivity index (χ0n) is 26.9. The molecule has 0 fully saturated rings. The molecule has 0 saturated heterocycles. The zero-order chi connectivity index (χ0) is 32.5. The number of aromatic amines is 2. The predicted molar refractivity (Wildman–Crippen MR) is 169 cm³/mol. The Bertz CT molecular complexity index is 1970. The number of nitrogens with one attached hydrogen (secondary N) is 2. The van der Waals surface area contributed by atoms with Gasteiger partial charge < -0.3 is 19.8 Å². The number of carbonyl (C=O) groups excluding carboxylic acids is 3. The van der Waals surface area contributed by atoms with Crippen molar-refractivity contribution in [1.29, 1.82) is 0 Å². The summed E-state index contributed by atoms with van der Waals surface area (Å²) in [5.74, 6) is -3.69. The van der Waals surface area contributed by atoms with E-state index in [1.54, 1.807) is 6.92 Å². The van der Waals surface area contributed by atoms with Gasteiger partial charge in [0.2, 0.25) is 0 Å². The van der Waals surface area contributed by atoms with Crippen LogP contribution in [0.25, 0.3) is 22.1 Å². The number of esters is 1. The molecule has 11 heteroatoms. The van der Waals surface area contributed by atoms with Gasteiger partial charge in [-0.05, 0) is 62.9 Å². The van der Waals surface area contributed by atoms with E-state index >= 15 is 0 Å². The van der Waals surface area contributed by atoms with Gasteiger partial charge in [-0.2, -0.15) is 0 Å². The number of fused-ring (bicyclic) bond motifs is 8. The van der Waals surface area contributed by atoms with E-state index in [1.807, 2.05) is 39.0 Å². The first-order valence-corrected chi connectivity index (χ1v) is 15.5. The minimum absolute atomic E-state index is 0. The van der Waals surface area contributed by atoms with Crippen LogP contribution >= 0.6 is 0 Å². The normalized spacial score (nSPS) is 21.6. The molecule has 10 nitrogen and oxygen atoms in total. The van der Waals surface area contributed by atoms with Crippen LogP contribution in [-0.2, 0) is 34.7 Å². The summed E-state index contributed by atoms with van der Waals surface area (Å²) >= 11 is 0. The monoisotopic (exact) mass is 716 g/mol. The molecule has 3 aromatic rings. The summed E-state index contributed by atoms with van der Waals surface area (Å²) in [6.45, 7) is 11.5. The van der Waals surface area contributed by atoms with Crippen LogP contribution < -0.4 is 0 Å². The molecule has 2 aliphatic heterocycles. The first-order valence-electron chi connectivity index (χ1n) is 15.5. The average Bonchev–Trinajstić information content (AvgIpc) is 3.72. The molecule has 3 aliphatic rings. The summed E-state index contributed by atoms with van der Waals surface area (Å²) in [5, 5.41) is 9.60. The Balaban J connectivity index is 0.00000417. The van der Waals surface area contributed by atoms with Crippen molar-refractivity contribution in [2.24, 2.45) is 0 Å². The molecule has 5 atom stereocenters. The third-order valence-electron chi connectivity index (χ3n) is 10.1. The molecule has 6 rings (SSSR count). The van der Waals surface area contributed by atoms with Crippen LogP contribution in [0.2, 0.25) is 0 Å². The Morgan fingerprint density at radius 1 is 0.913 bits per heavy atom. The fraction of sp³-hybridized carbons (Fsp3) is 0.429. The Labute approximate surface area is 280 Å². The summed E-state index contributed by atoms with van der Waals surface area (Å²) in [5.41, 5.74) is 8.46. The van der Waals surface area contributed by atoms with Crippen LogP contribution in [0.1, 0.15) is 137 Å². The van der Waals surface area contributed by atoms with Crippen molar-refractivity contribution in [2.75, 3.05) is 7.11 Å². The second-order valence-electron chi connectivity index (χ2n) is 12.6. The standard InChI is InChI=1S/C35H38N4O6.Pd/c1-8-19-14(2)21-13-26-28(18(6)40)16(4)23(37-26)11-22-15(3)20(9-10-27(41)42)32(38-22)30-31(35(44)45-7)34(43)29-17(5)24(39-33(29)30)12-25(19)36-21;/h11-15,19-20,31,37,39H,8-10H2,1-7H3,(H,41,42);/t14-,15+,19-,20+,31-;/m1./s1. The van der Waals surface area contributed by atoms with Gasteiger partial charge in [-0.15, -0.1) is 0 Å². The molecule has 0 amide bonds. The smallest absolute Gasteiger partial charge is 0.321 e. The molecule has 46 heavy (non-hydrogen) atoms. The fourth-order valence-corrected chi connectivity index (χ4v) is 7.61. The van der Waals surface area contributed by atoms with E-state index in [0.717, 1.165) is 28.9 Å².